The fourth-order valence-electron chi connectivity index (χ4n) is 0.827. The van der Waals surface area contributed by atoms with Crippen LogP contribution < -0.4 is 4.74 Å². The Hall–Kier alpha value is -2.02. The van der Waals surface area contributed by atoms with E-state index in [-0.39, 0.29) is 0 Å². The number of hydrogen-bond acceptors (Lipinski definition) is 4. The molecule has 0 unspecified atom stereocenters. The van der Waals surface area contributed by atoms with Gasteiger partial charge in [-0.2, -0.15) is 0 Å². The van der Waals surface area contributed by atoms with E-state index in [1.54, 1.807) is 12.1 Å². The van der Waals surface area contributed by atoms with Gasteiger partial charge in [0.1, 0.15) is 5.75 Å². The number of rotatable bonds is 2. The van der Waals surface area contributed by atoms with E-state index in [4.69, 9.17) is 10.00 Å². The Morgan fingerprint density at radius 2 is 2.00 bits per heavy atom. The normalized spacial score (nSPS) is 8.62. The summed E-state index contributed by atoms with van der Waals surface area (Å²) in [6.45, 7) is 0. The lowest BCUT2D eigenvalue weighted by molar-refractivity contribution is 0.0685. The zero-order valence-electron chi connectivity index (χ0n) is 6.98. The second-order valence-corrected chi connectivity index (χ2v) is 2.21. The number of benzene rings is 1. The van der Waals surface area contributed by atoms with Crippen LogP contribution in [0.5, 0.6) is 5.75 Å². The molecule has 0 radical (unpaired) electrons. The maximum Gasteiger partial charge on any atom is 0.353 e. The van der Waals surface area contributed by atoms with E-state index in [0.29, 0.717) is 11.3 Å². The van der Waals surface area contributed by atoms with Crippen LogP contribution in [0.4, 0.5) is 0 Å². The number of nitriles is 1. The van der Waals surface area contributed by atoms with E-state index in [1.807, 2.05) is 0 Å². The van der Waals surface area contributed by atoms with Crippen molar-refractivity contribution in [2.24, 2.45) is 0 Å². The van der Waals surface area contributed by atoms with E-state index in [1.165, 1.54) is 25.5 Å². The second kappa shape index (κ2) is 4.12. The molecule has 0 saturated heterocycles. The number of nitrogens with zero attached hydrogens (tertiary/aromatic N) is 1. The van der Waals surface area contributed by atoms with Gasteiger partial charge in [-0.1, -0.05) is 0 Å². The molecule has 0 fully saturated rings. The Kier molecular flexibility index (Phi) is 2.87. The highest BCUT2D eigenvalue weighted by Crippen LogP contribution is 2.11. The molecule has 4 nitrogen and oxygen atoms in total. The van der Waals surface area contributed by atoms with Crippen LogP contribution in [0.1, 0.15) is 10.4 Å². The molecule has 0 bridgehead atoms. The first-order valence-electron chi connectivity index (χ1n) is 3.52. The lowest BCUT2D eigenvalue weighted by atomic mass is 10.2. The largest absolute Gasteiger partial charge is 0.497 e. The van der Waals surface area contributed by atoms with Crippen molar-refractivity contribution in [3.8, 4) is 12.0 Å². The van der Waals surface area contributed by atoms with Gasteiger partial charge in [-0.3, -0.25) is 0 Å². The van der Waals surface area contributed by atoms with E-state index in [2.05, 4.69) is 4.74 Å². The molecule has 1 aromatic rings. The minimum Gasteiger partial charge on any atom is -0.497 e. The van der Waals surface area contributed by atoms with Gasteiger partial charge in [0, 0.05) is 0 Å². The van der Waals surface area contributed by atoms with Gasteiger partial charge >= 0.3 is 5.97 Å². The summed E-state index contributed by atoms with van der Waals surface area (Å²) in [4.78, 5) is 11.0. The molecule has 13 heavy (non-hydrogen) atoms. The van der Waals surface area contributed by atoms with Crippen LogP contribution >= 0.6 is 0 Å². The summed E-state index contributed by atoms with van der Waals surface area (Å²) in [7, 11) is 1.53. The molecule has 0 spiro atoms. The van der Waals surface area contributed by atoms with Crippen LogP contribution in [0.25, 0.3) is 0 Å². The van der Waals surface area contributed by atoms with E-state index in [9.17, 15) is 4.79 Å². The Morgan fingerprint density at radius 1 is 1.38 bits per heavy atom. The number of methoxy groups -OCH3 is 1. The maximum absolute atomic E-state index is 11.0. The van der Waals surface area contributed by atoms with Crippen molar-refractivity contribution < 1.29 is 14.3 Å². The molecule has 0 aliphatic carbocycles. The number of ether oxygens (including phenoxy) is 2. The van der Waals surface area contributed by atoms with Crippen molar-refractivity contribution in [1.82, 2.24) is 0 Å². The first kappa shape index (κ1) is 9.07. The number of carbonyl (C=O) groups is 1. The van der Waals surface area contributed by atoms with Gasteiger partial charge in [0.2, 0.25) is 0 Å². The maximum atomic E-state index is 11.0. The van der Waals surface area contributed by atoms with Gasteiger partial charge in [-0.25, -0.2) is 4.79 Å². The molecule has 0 amide bonds. The summed E-state index contributed by atoms with van der Waals surface area (Å²) in [6, 6.07) is 6.29. The Labute approximate surface area is 75.3 Å². The van der Waals surface area contributed by atoms with E-state index < -0.39 is 5.97 Å². The van der Waals surface area contributed by atoms with Gasteiger partial charge in [-0.05, 0) is 24.3 Å². The van der Waals surface area contributed by atoms with Gasteiger partial charge in [0.25, 0.3) is 6.26 Å². The number of esters is 1. The van der Waals surface area contributed by atoms with Gasteiger partial charge in [-0.15, -0.1) is 5.26 Å². The van der Waals surface area contributed by atoms with Crippen LogP contribution in [-0.2, 0) is 4.74 Å². The fraction of sp³-hybridized carbons (Fsp3) is 0.111. The quantitative estimate of drug-likeness (QED) is 0.505. The van der Waals surface area contributed by atoms with E-state index in [0.717, 1.165) is 0 Å². The Morgan fingerprint density at radius 3 is 2.46 bits per heavy atom. The molecular weight excluding hydrogens is 170 g/mol. The molecular formula is C9H7NO3. The molecule has 1 rings (SSSR count). The van der Waals surface area contributed by atoms with Crippen molar-refractivity contribution in [1.29, 1.82) is 5.26 Å². The van der Waals surface area contributed by atoms with Crippen LogP contribution in [0.3, 0.4) is 0 Å². The molecule has 1 aromatic carbocycles. The van der Waals surface area contributed by atoms with Crippen molar-refractivity contribution in [2.75, 3.05) is 7.11 Å². The SMILES string of the molecule is COc1ccc(C(=O)OC#N)cc1. The lowest BCUT2D eigenvalue weighted by Gasteiger charge is -1.99. The molecule has 0 atom stereocenters. The van der Waals surface area contributed by atoms with Gasteiger partial charge in [0.05, 0.1) is 12.7 Å². The van der Waals surface area contributed by atoms with Crippen molar-refractivity contribution in [3.63, 3.8) is 0 Å². The standard InChI is InChI=1S/C9H7NO3/c1-12-8-4-2-7(3-5-8)9(11)13-6-10/h2-5H,1H3. The van der Waals surface area contributed by atoms with E-state index >= 15 is 0 Å². The lowest BCUT2D eigenvalue weighted by Crippen LogP contribution is -2.00. The highest BCUT2D eigenvalue weighted by atomic mass is 16.5. The molecule has 0 heterocycles. The minimum absolute atomic E-state index is 0.322. The summed E-state index contributed by atoms with van der Waals surface area (Å²) in [5.41, 5.74) is 0.322. The van der Waals surface area contributed by atoms with Crippen molar-refractivity contribution in [2.45, 2.75) is 0 Å². The zero-order valence-corrected chi connectivity index (χ0v) is 6.98. The number of hydrogen-bond donors (Lipinski definition) is 0. The predicted molar refractivity (Wildman–Crippen MR) is 44.0 cm³/mol. The Bertz CT molecular complexity index is 337. The molecule has 0 N–H and O–H groups in total. The summed E-state index contributed by atoms with van der Waals surface area (Å²) < 4.78 is 9.02. The second-order valence-electron chi connectivity index (χ2n) is 2.21. The minimum atomic E-state index is -0.662. The first-order chi connectivity index (χ1) is 6.27. The fourth-order valence-corrected chi connectivity index (χ4v) is 0.827. The summed E-state index contributed by atoms with van der Waals surface area (Å²) >= 11 is 0. The van der Waals surface area contributed by atoms with Crippen molar-refractivity contribution >= 4 is 5.97 Å². The monoisotopic (exact) mass is 177 g/mol. The van der Waals surface area contributed by atoms with Gasteiger partial charge < -0.3 is 9.47 Å². The molecule has 0 aromatic heterocycles. The molecule has 0 aliphatic heterocycles. The van der Waals surface area contributed by atoms with Crippen LogP contribution in [0.2, 0.25) is 0 Å². The van der Waals surface area contributed by atoms with Crippen LogP contribution in [0.15, 0.2) is 24.3 Å². The molecule has 0 saturated carbocycles. The first-order valence-corrected chi connectivity index (χ1v) is 3.52. The molecule has 66 valence electrons. The van der Waals surface area contributed by atoms with Crippen molar-refractivity contribution in [3.05, 3.63) is 29.8 Å². The smallest absolute Gasteiger partial charge is 0.353 e. The summed E-state index contributed by atoms with van der Waals surface area (Å²) in [5.74, 6) is -0.0151. The topological polar surface area (TPSA) is 59.3 Å². The number of carbonyl (C=O) groups excluding carboxylic acids is 1. The molecule has 0 aliphatic rings. The zero-order chi connectivity index (χ0) is 9.68. The highest BCUT2D eigenvalue weighted by molar-refractivity contribution is 5.90. The summed E-state index contributed by atoms with van der Waals surface area (Å²) in [6.07, 6.45) is 1.31. The third-order valence-electron chi connectivity index (χ3n) is 1.46. The van der Waals surface area contributed by atoms with Gasteiger partial charge in [0.15, 0.2) is 0 Å². The molecule has 4 heteroatoms. The summed E-state index contributed by atoms with van der Waals surface area (Å²) in [5, 5.41) is 8.08. The third kappa shape index (κ3) is 2.20. The predicted octanol–water partition coefficient (Wildman–Crippen LogP) is 1.33. The van der Waals surface area contributed by atoms with Crippen LogP contribution in [-0.4, -0.2) is 13.1 Å². The average molecular weight is 177 g/mol. The van der Waals surface area contributed by atoms with Crippen LogP contribution in [0, 0.1) is 11.5 Å². The third-order valence-corrected chi connectivity index (χ3v) is 1.46. The average Bonchev–Trinajstić information content (AvgIpc) is 2.18. The Balaban J connectivity index is 2.81. The highest BCUT2D eigenvalue weighted by Gasteiger charge is 2.05.